The van der Waals surface area contributed by atoms with Gasteiger partial charge < -0.3 is 10.6 Å². The quantitative estimate of drug-likeness (QED) is 0.867. The van der Waals surface area contributed by atoms with Crippen molar-refractivity contribution in [2.24, 2.45) is 17.6 Å². The van der Waals surface area contributed by atoms with Gasteiger partial charge in [-0.25, -0.2) is 0 Å². The van der Waals surface area contributed by atoms with Gasteiger partial charge in [0.15, 0.2) is 0 Å². The number of anilines is 1. The van der Waals surface area contributed by atoms with Crippen LogP contribution in [0.5, 0.6) is 0 Å². The molecule has 1 aromatic heterocycles. The molecule has 0 aromatic carbocycles. The lowest BCUT2D eigenvalue weighted by atomic mass is 9.99. The molecule has 1 unspecified atom stereocenters. The molecule has 2 fully saturated rings. The van der Waals surface area contributed by atoms with Crippen molar-refractivity contribution in [1.82, 2.24) is 15.2 Å². The third kappa shape index (κ3) is 3.08. The summed E-state index contributed by atoms with van der Waals surface area (Å²) < 4.78 is 0. The number of nitrogens with two attached hydrogens (primary N) is 1. The second-order valence-corrected chi connectivity index (χ2v) is 6.13. The van der Waals surface area contributed by atoms with E-state index >= 15 is 0 Å². The third-order valence-electron chi connectivity index (χ3n) is 4.61. The molecule has 1 saturated heterocycles. The van der Waals surface area contributed by atoms with Crippen molar-refractivity contribution in [1.29, 1.82) is 0 Å². The molecule has 0 bridgehead atoms. The highest BCUT2D eigenvalue weighted by atomic mass is 15.4. The molecule has 1 atom stereocenters. The van der Waals surface area contributed by atoms with Crippen LogP contribution in [0.1, 0.15) is 44.3 Å². The van der Waals surface area contributed by atoms with Gasteiger partial charge in [-0.1, -0.05) is 25.7 Å². The van der Waals surface area contributed by atoms with Gasteiger partial charge in [-0.3, -0.25) is 5.10 Å². The zero-order chi connectivity index (χ0) is 13.1. The van der Waals surface area contributed by atoms with Crippen molar-refractivity contribution in [3.63, 3.8) is 0 Å². The van der Waals surface area contributed by atoms with Crippen molar-refractivity contribution in [3.05, 3.63) is 5.82 Å². The number of aromatic nitrogens is 3. The molecule has 5 heteroatoms. The van der Waals surface area contributed by atoms with Gasteiger partial charge in [0.05, 0.1) is 0 Å². The van der Waals surface area contributed by atoms with Crippen LogP contribution in [-0.4, -0.2) is 34.8 Å². The maximum atomic E-state index is 5.78. The fraction of sp³-hybridized carbons (Fsp3) is 0.857. The second kappa shape index (κ2) is 5.90. The molecule has 19 heavy (non-hydrogen) atoms. The van der Waals surface area contributed by atoms with Crippen molar-refractivity contribution in [3.8, 4) is 0 Å². The lowest BCUT2D eigenvalue weighted by Crippen LogP contribution is -2.39. The Bertz CT molecular complexity index is 396. The number of hydrogen-bond acceptors (Lipinski definition) is 4. The van der Waals surface area contributed by atoms with E-state index in [1.54, 1.807) is 0 Å². The normalized spacial score (nSPS) is 25.1. The molecule has 1 aliphatic heterocycles. The van der Waals surface area contributed by atoms with E-state index in [1.807, 2.05) is 0 Å². The van der Waals surface area contributed by atoms with Gasteiger partial charge in [0.1, 0.15) is 5.82 Å². The minimum Gasteiger partial charge on any atom is -0.339 e. The van der Waals surface area contributed by atoms with E-state index in [0.717, 1.165) is 43.7 Å². The average molecular weight is 263 g/mol. The Balaban J connectivity index is 1.60. The first-order valence-corrected chi connectivity index (χ1v) is 7.71. The maximum Gasteiger partial charge on any atom is 0.244 e. The Morgan fingerprint density at radius 3 is 2.74 bits per heavy atom. The van der Waals surface area contributed by atoms with Crippen LogP contribution in [0.3, 0.4) is 0 Å². The number of H-pyrrole nitrogens is 1. The van der Waals surface area contributed by atoms with Crippen molar-refractivity contribution in [2.75, 3.05) is 24.5 Å². The van der Waals surface area contributed by atoms with Gasteiger partial charge in [0.2, 0.25) is 5.95 Å². The summed E-state index contributed by atoms with van der Waals surface area (Å²) in [5, 5.41) is 7.53. The number of hydrogen-bond donors (Lipinski definition) is 2. The van der Waals surface area contributed by atoms with Crippen LogP contribution < -0.4 is 10.6 Å². The molecular weight excluding hydrogens is 238 g/mol. The maximum absolute atomic E-state index is 5.78. The zero-order valence-electron chi connectivity index (χ0n) is 11.6. The van der Waals surface area contributed by atoms with Crippen LogP contribution in [-0.2, 0) is 6.42 Å². The smallest absolute Gasteiger partial charge is 0.244 e. The molecule has 1 aromatic rings. The second-order valence-electron chi connectivity index (χ2n) is 6.13. The van der Waals surface area contributed by atoms with Gasteiger partial charge in [-0.15, -0.1) is 5.10 Å². The largest absolute Gasteiger partial charge is 0.339 e. The van der Waals surface area contributed by atoms with Crippen molar-refractivity contribution in [2.45, 2.75) is 44.9 Å². The molecule has 5 nitrogen and oxygen atoms in total. The van der Waals surface area contributed by atoms with Crippen LogP contribution in [0.15, 0.2) is 0 Å². The van der Waals surface area contributed by atoms with E-state index in [0.29, 0.717) is 5.92 Å². The zero-order valence-corrected chi connectivity index (χ0v) is 11.6. The Morgan fingerprint density at radius 1 is 1.16 bits per heavy atom. The van der Waals surface area contributed by atoms with E-state index in [-0.39, 0.29) is 0 Å². The SMILES string of the molecule is NCC1CCCN(c2n[nH]c(CC3CCCC3)n2)C1. The van der Waals surface area contributed by atoms with Crippen molar-refractivity contribution >= 4 is 5.95 Å². The van der Waals surface area contributed by atoms with E-state index in [9.17, 15) is 0 Å². The van der Waals surface area contributed by atoms with E-state index in [2.05, 4.69) is 20.1 Å². The Kier molecular flexibility index (Phi) is 4.01. The Hall–Kier alpha value is -1.10. The van der Waals surface area contributed by atoms with Crippen LogP contribution in [0.25, 0.3) is 0 Å². The van der Waals surface area contributed by atoms with Crippen LogP contribution in [0, 0.1) is 11.8 Å². The number of rotatable bonds is 4. The predicted molar refractivity (Wildman–Crippen MR) is 76.0 cm³/mol. The summed E-state index contributed by atoms with van der Waals surface area (Å²) in [6.45, 7) is 2.85. The minimum absolute atomic E-state index is 0.602. The summed E-state index contributed by atoms with van der Waals surface area (Å²) in [4.78, 5) is 6.97. The Labute approximate surface area is 115 Å². The molecule has 3 N–H and O–H groups in total. The van der Waals surface area contributed by atoms with E-state index in [4.69, 9.17) is 5.73 Å². The highest BCUT2D eigenvalue weighted by molar-refractivity contribution is 5.29. The minimum atomic E-state index is 0.602. The first-order valence-electron chi connectivity index (χ1n) is 7.71. The molecular formula is C14H25N5. The highest BCUT2D eigenvalue weighted by Gasteiger charge is 2.23. The fourth-order valence-corrected chi connectivity index (χ4v) is 3.44. The number of aromatic amines is 1. The summed E-state index contributed by atoms with van der Waals surface area (Å²) in [5.41, 5.74) is 5.78. The molecule has 0 amide bonds. The van der Waals surface area contributed by atoms with E-state index in [1.165, 1.54) is 38.5 Å². The van der Waals surface area contributed by atoms with Crippen molar-refractivity contribution < 1.29 is 0 Å². The fourth-order valence-electron chi connectivity index (χ4n) is 3.44. The molecule has 0 spiro atoms. The van der Waals surface area contributed by atoms with Crippen LogP contribution in [0.4, 0.5) is 5.95 Å². The summed E-state index contributed by atoms with van der Waals surface area (Å²) in [5.74, 6) is 3.37. The lowest BCUT2D eigenvalue weighted by Gasteiger charge is -2.31. The predicted octanol–water partition coefficient (Wildman–Crippen LogP) is 1.71. The summed E-state index contributed by atoms with van der Waals surface area (Å²) in [7, 11) is 0. The van der Waals surface area contributed by atoms with Gasteiger partial charge in [0.25, 0.3) is 0 Å². The van der Waals surface area contributed by atoms with Crippen LogP contribution >= 0.6 is 0 Å². The van der Waals surface area contributed by atoms with Gasteiger partial charge >= 0.3 is 0 Å². The topological polar surface area (TPSA) is 70.8 Å². The number of piperidine rings is 1. The molecule has 0 radical (unpaired) electrons. The third-order valence-corrected chi connectivity index (χ3v) is 4.61. The first kappa shape index (κ1) is 12.9. The molecule has 2 heterocycles. The number of nitrogens with zero attached hydrogens (tertiary/aromatic N) is 3. The molecule has 1 saturated carbocycles. The molecule has 2 aliphatic rings. The average Bonchev–Trinajstić information content (AvgIpc) is 3.11. The highest BCUT2D eigenvalue weighted by Crippen LogP contribution is 2.27. The first-order chi connectivity index (χ1) is 9.35. The monoisotopic (exact) mass is 263 g/mol. The standard InChI is InChI=1S/C14H25N5/c15-9-12-6-3-7-19(10-12)14-16-13(17-18-14)8-11-4-1-2-5-11/h11-12H,1-10,15H2,(H,16,17,18). The summed E-state index contributed by atoms with van der Waals surface area (Å²) in [6, 6.07) is 0. The van der Waals surface area contributed by atoms with Gasteiger partial charge in [-0.05, 0) is 31.2 Å². The molecule has 106 valence electrons. The Morgan fingerprint density at radius 2 is 1.95 bits per heavy atom. The summed E-state index contributed by atoms with van der Waals surface area (Å²) >= 11 is 0. The molecule has 1 aliphatic carbocycles. The van der Waals surface area contributed by atoms with Gasteiger partial charge in [-0.2, -0.15) is 4.98 Å². The number of nitrogens with one attached hydrogen (secondary N) is 1. The molecule has 3 rings (SSSR count). The van der Waals surface area contributed by atoms with Crippen LogP contribution in [0.2, 0.25) is 0 Å². The summed E-state index contributed by atoms with van der Waals surface area (Å²) in [6.07, 6.45) is 9.00. The lowest BCUT2D eigenvalue weighted by molar-refractivity contribution is 0.419. The van der Waals surface area contributed by atoms with E-state index < -0.39 is 0 Å². The van der Waals surface area contributed by atoms with Gasteiger partial charge in [0, 0.05) is 19.5 Å².